The van der Waals surface area contributed by atoms with Gasteiger partial charge in [-0.05, 0) is 35.9 Å². The van der Waals surface area contributed by atoms with Crippen LogP contribution < -0.4 is 5.32 Å². The number of hydrogen-bond acceptors (Lipinski definition) is 2. The van der Waals surface area contributed by atoms with Gasteiger partial charge in [0.25, 0.3) is 0 Å². The Morgan fingerprint density at radius 2 is 2.00 bits per heavy atom. The molecule has 1 unspecified atom stereocenters. The summed E-state index contributed by atoms with van der Waals surface area (Å²) in [5.74, 6) is 0. The second-order valence-electron chi connectivity index (χ2n) is 4.76. The summed E-state index contributed by atoms with van der Waals surface area (Å²) >= 11 is 9.61. The zero-order valence-electron chi connectivity index (χ0n) is 12.0. The van der Waals surface area contributed by atoms with Crippen LogP contribution in [0.25, 0.3) is 0 Å². The van der Waals surface area contributed by atoms with Crippen molar-refractivity contribution in [1.82, 2.24) is 5.32 Å². The van der Waals surface area contributed by atoms with Crippen molar-refractivity contribution >= 4 is 27.5 Å². The van der Waals surface area contributed by atoms with Gasteiger partial charge in [0, 0.05) is 16.0 Å². The van der Waals surface area contributed by atoms with Gasteiger partial charge in [0.05, 0.1) is 12.7 Å². The van der Waals surface area contributed by atoms with Crippen molar-refractivity contribution in [2.45, 2.75) is 19.6 Å². The molecule has 1 atom stereocenters. The first kappa shape index (κ1) is 16.5. The van der Waals surface area contributed by atoms with Gasteiger partial charge in [-0.3, -0.25) is 0 Å². The van der Waals surface area contributed by atoms with Crippen molar-refractivity contribution in [2.24, 2.45) is 0 Å². The molecule has 0 spiro atoms. The molecule has 0 amide bonds. The molecule has 112 valence electrons. The molecule has 0 saturated heterocycles. The molecular weight excluding hydrogens is 350 g/mol. The minimum Gasteiger partial charge on any atom is -0.367 e. The molecule has 0 aliphatic rings. The van der Waals surface area contributed by atoms with Crippen LogP contribution >= 0.6 is 27.5 Å². The highest BCUT2D eigenvalue weighted by Crippen LogP contribution is 2.26. The third-order valence-corrected chi connectivity index (χ3v) is 4.13. The Balaban J connectivity index is 2.08. The number of ether oxygens (including phenoxy) is 1. The van der Waals surface area contributed by atoms with Gasteiger partial charge in [-0.1, -0.05) is 64.8 Å². The molecule has 0 aliphatic carbocycles. The van der Waals surface area contributed by atoms with Crippen molar-refractivity contribution < 1.29 is 4.74 Å². The van der Waals surface area contributed by atoms with Crippen molar-refractivity contribution in [3.63, 3.8) is 0 Å². The van der Waals surface area contributed by atoms with Gasteiger partial charge < -0.3 is 10.1 Å². The first-order valence-electron chi connectivity index (χ1n) is 7.02. The van der Waals surface area contributed by atoms with Crippen molar-refractivity contribution in [3.8, 4) is 0 Å². The summed E-state index contributed by atoms with van der Waals surface area (Å²) < 4.78 is 7.17. The molecule has 0 bridgehead atoms. The van der Waals surface area contributed by atoms with E-state index in [9.17, 15) is 0 Å². The maximum atomic E-state index is 6.10. The van der Waals surface area contributed by atoms with Crippen LogP contribution in [-0.2, 0) is 11.3 Å². The fourth-order valence-electron chi connectivity index (χ4n) is 2.09. The van der Waals surface area contributed by atoms with Crippen molar-refractivity contribution in [1.29, 1.82) is 0 Å². The van der Waals surface area contributed by atoms with Gasteiger partial charge in [-0.25, -0.2) is 0 Å². The minimum absolute atomic E-state index is 0.000457. The molecule has 2 nitrogen and oxygen atoms in total. The molecule has 2 rings (SSSR count). The Morgan fingerprint density at radius 3 is 2.71 bits per heavy atom. The van der Waals surface area contributed by atoms with E-state index in [1.807, 2.05) is 42.5 Å². The first-order chi connectivity index (χ1) is 10.2. The lowest BCUT2D eigenvalue weighted by Gasteiger charge is -2.20. The van der Waals surface area contributed by atoms with Crippen LogP contribution in [0.15, 0.2) is 53.0 Å². The highest BCUT2D eigenvalue weighted by molar-refractivity contribution is 9.10. The normalized spacial score (nSPS) is 12.3. The number of halogens is 2. The van der Waals surface area contributed by atoms with Gasteiger partial charge in [-0.15, -0.1) is 0 Å². The average molecular weight is 369 g/mol. The van der Waals surface area contributed by atoms with Gasteiger partial charge in [0.2, 0.25) is 0 Å². The molecule has 21 heavy (non-hydrogen) atoms. The van der Waals surface area contributed by atoms with E-state index in [1.165, 1.54) is 0 Å². The molecular formula is C17H19BrClNO. The monoisotopic (exact) mass is 367 g/mol. The summed E-state index contributed by atoms with van der Waals surface area (Å²) in [7, 11) is 0. The first-order valence-corrected chi connectivity index (χ1v) is 8.19. The van der Waals surface area contributed by atoms with Crippen molar-refractivity contribution in [2.75, 3.05) is 13.1 Å². The average Bonchev–Trinajstić information content (AvgIpc) is 2.48. The summed E-state index contributed by atoms with van der Waals surface area (Å²) in [6.07, 6.45) is -0.000457. The van der Waals surface area contributed by atoms with Crippen LogP contribution in [0.5, 0.6) is 0 Å². The number of rotatable bonds is 7. The lowest BCUT2D eigenvalue weighted by Crippen LogP contribution is -2.23. The fourth-order valence-corrected chi connectivity index (χ4v) is 2.85. The number of hydrogen-bond donors (Lipinski definition) is 1. The quantitative estimate of drug-likeness (QED) is 0.745. The fraction of sp³-hybridized carbons (Fsp3) is 0.294. The van der Waals surface area contributed by atoms with E-state index in [0.29, 0.717) is 6.61 Å². The predicted octanol–water partition coefficient (Wildman–Crippen LogP) is 4.97. The second-order valence-corrected chi connectivity index (χ2v) is 6.05. The Labute approximate surface area is 139 Å². The third kappa shape index (κ3) is 5.11. The van der Waals surface area contributed by atoms with Gasteiger partial charge >= 0.3 is 0 Å². The Bertz CT molecular complexity index is 576. The van der Waals surface area contributed by atoms with Gasteiger partial charge in [0.1, 0.15) is 0 Å². The number of nitrogens with one attached hydrogen (secondary N) is 1. The van der Waals surface area contributed by atoms with E-state index in [1.54, 1.807) is 0 Å². The molecule has 0 radical (unpaired) electrons. The maximum Gasteiger partial charge on any atom is 0.0964 e. The minimum atomic E-state index is -0.000457. The zero-order valence-corrected chi connectivity index (χ0v) is 14.3. The maximum absolute atomic E-state index is 6.10. The largest absolute Gasteiger partial charge is 0.367 e. The summed E-state index contributed by atoms with van der Waals surface area (Å²) in [6.45, 7) is 4.33. The SMILES string of the molecule is CCNCC(OCc1cccc(Cl)c1)c1ccccc1Br. The lowest BCUT2D eigenvalue weighted by atomic mass is 10.1. The lowest BCUT2D eigenvalue weighted by molar-refractivity contribution is 0.0397. The third-order valence-electron chi connectivity index (χ3n) is 3.17. The summed E-state index contributed by atoms with van der Waals surface area (Å²) in [5.41, 5.74) is 2.23. The molecule has 0 fully saturated rings. The molecule has 0 aliphatic heterocycles. The molecule has 0 aromatic heterocycles. The summed E-state index contributed by atoms with van der Waals surface area (Å²) in [4.78, 5) is 0. The standard InChI is InChI=1S/C17H19BrClNO/c1-2-20-11-17(15-8-3-4-9-16(15)18)21-12-13-6-5-7-14(19)10-13/h3-10,17,20H,2,11-12H2,1H3. The van der Waals surface area contributed by atoms with Gasteiger partial charge in [0.15, 0.2) is 0 Å². The Hall–Kier alpha value is -0.870. The Kier molecular flexibility index (Phi) is 6.71. The van der Waals surface area contributed by atoms with Crippen LogP contribution in [0.4, 0.5) is 0 Å². The van der Waals surface area contributed by atoms with Crippen LogP contribution in [0.1, 0.15) is 24.2 Å². The summed E-state index contributed by atoms with van der Waals surface area (Å²) in [6, 6.07) is 15.9. The molecule has 2 aromatic rings. The van der Waals surface area contributed by atoms with Crippen LogP contribution in [-0.4, -0.2) is 13.1 Å². The highest BCUT2D eigenvalue weighted by Gasteiger charge is 2.14. The van der Waals surface area contributed by atoms with Crippen LogP contribution in [0.2, 0.25) is 5.02 Å². The number of benzene rings is 2. The smallest absolute Gasteiger partial charge is 0.0964 e. The molecule has 0 saturated carbocycles. The zero-order chi connectivity index (χ0) is 15.1. The molecule has 1 N–H and O–H groups in total. The van der Waals surface area contributed by atoms with Crippen LogP contribution in [0, 0.1) is 0 Å². The summed E-state index contributed by atoms with van der Waals surface area (Å²) in [5, 5.41) is 4.09. The Morgan fingerprint density at radius 1 is 1.19 bits per heavy atom. The molecule has 0 heterocycles. The van der Waals surface area contributed by atoms with Crippen molar-refractivity contribution in [3.05, 3.63) is 69.2 Å². The van der Waals surface area contributed by atoms with E-state index < -0.39 is 0 Å². The highest BCUT2D eigenvalue weighted by atomic mass is 79.9. The van der Waals surface area contributed by atoms with E-state index in [-0.39, 0.29) is 6.10 Å². The number of likely N-dealkylation sites (N-methyl/N-ethyl adjacent to an activating group) is 1. The van der Waals surface area contributed by atoms with E-state index in [4.69, 9.17) is 16.3 Å². The molecule has 4 heteroatoms. The van der Waals surface area contributed by atoms with Crippen LogP contribution in [0.3, 0.4) is 0 Å². The molecule has 2 aromatic carbocycles. The second kappa shape index (κ2) is 8.54. The predicted molar refractivity (Wildman–Crippen MR) is 91.7 cm³/mol. The van der Waals surface area contributed by atoms with E-state index >= 15 is 0 Å². The topological polar surface area (TPSA) is 21.3 Å². The van der Waals surface area contributed by atoms with E-state index in [2.05, 4.69) is 34.2 Å². The van der Waals surface area contributed by atoms with Gasteiger partial charge in [-0.2, -0.15) is 0 Å². The van der Waals surface area contributed by atoms with E-state index in [0.717, 1.165) is 33.7 Å².